The molecule has 9 nitrogen and oxygen atoms in total. The lowest BCUT2D eigenvalue weighted by Gasteiger charge is -2.16. The van der Waals surface area contributed by atoms with Crippen LogP contribution in [-0.4, -0.2) is 27.0 Å². The van der Waals surface area contributed by atoms with E-state index in [0.717, 1.165) is 49.7 Å². The lowest BCUT2D eigenvalue weighted by atomic mass is 10.1. The molecule has 2 N–H and O–H groups in total. The number of anilines is 1. The van der Waals surface area contributed by atoms with Gasteiger partial charge in [0.05, 0.1) is 22.8 Å². The number of nitrogens with zero attached hydrogens (tertiary/aromatic N) is 3. The quantitative estimate of drug-likeness (QED) is 0.0481. The number of nitro benzene ring substituents is 1. The van der Waals surface area contributed by atoms with Gasteiger partial charge in [0, 0.05) is 18.0 Å². The molecule has 2 aromatic carbocycles. The highest BCUT2D eigenvalue weighted by molar-refractivity contribution is 5.97. The maximum Gasteiger partial charge on any atom is 0.350 e. The van der Waals surface area contributed by atoms with Gasteiger partial charge in [-0.3, -0.25) is 10.1 Å². The predicted octanol–water partition coefficient (Wildman–Crippen LogP) is 7.71. The van der Waals surface area contributed by atoms with Crippen molar-refractivity contribution in [3.63, 3.8) is 0 Å². The van der Waals surface area contributed by atoms with Crippen molar-refractivity contribution in [2.45, 2.75) is 91.1 Å². The van der Waals surface area contributed by atoms with Crippen LogP contribution in [0.2, 0.25) is 0 Å². The Labute approximate surface area is 236 Å². The molecule has 3 aromatic rings. The summed E-state index contributed by atoms with van der Waals surface area (Å²) in [5.74, 6) is 0.0954. The molecule has 3 rings (SSSR count). The molecule has 0 saturated carbocycles. The van der Waals surface area contributed by atoms with Gasteiger partial charge in [0.1, 0.15) is 17.1 Å². The Morgan fingerprint density at radius 1 is 0.975 bits per heavy atom. The summed E-state index contributed by atoms with van der Waals surface area (Å²) < 4.78 is 11.3. The van der Waals surface area contributed by atoms with Crippen LogP contribution in [0.3, 0.4) is 0 Å². The minimum absolute atomic E-state index is 0.136. The van der Waals surface area contributed by atoms with E-state index in [2.05, 4.69) is 23.8 Å². The van der Waals surface area contributed by atoms with E-state index < -0.39 is 16.6 Å². The molecule has 1 heterocycles. The highest BCUT2D eigenvalue weighted by Crippen LogP contribution is 2.33. The van der Waals surface area contributed by atoms with Gasteiger partial charge in [-0.25, -0.2) is 14.8 Å². The maximum atomic E-state index is 12.9. The predicted molar refractivity (Wildman–Crippen MR) is 157 cm³/mol. The molecule has 214 valence electrons. The number of nitrogens with two attached hydrogens (primary N) is 1. The molecule has 1 atom stereocenters. The van der Waals surface area contributed by atoms with Crippen molar-refractivity contribution in [1.82, 2.24) is 9.97 Å². The normalized spacial score (nSPS) is 11.7. The first-order valence-electron chi connectivity index (χ1n) is 14.2. The monoisotopic (exact) mass is 548 g/mol. The van der Waals surface area contributed by atoms with E-state index in [9.17, 15) is 14.9 Å². The second kappa shape index (κ2) is 15.5. The van der Waals surface area contributed by atoms with Gasteiger partial charge in [0.2, 0.25) is 0 Å². The fraction of sp³-hybridized carbons (Fsp3) is 0.452. The summed E-state index contributed by atoms with van der Waals surface area (Å²) in [5, 5.41) is 11.8. The van der Waals surface area contributed by atoms with Crippen molar-refractivity contribution in [3.8, 4) is 22.9 Å². The van der Waals surface area contributed by atoms with Gasteiger partial charge in [-0.1, -0.05) is 52.4 Å². The molecule has 1 aromatic heterocycles. The Balaban J connectivity index is 1.64. The van der Waals surface area contributed by atoms with E-state index in [4.69, 9.17) is 15.2 Å². The van der Waals surface area contributed by atoms with Crippen molar-refractivity contribution >= 4 is 17.3 Å². The molecule has 0 fully saturated rings. The second-order valence-electron chi connectivity index (χ2n) is 10.1. The molecule has 0 amide bonds. The molecule has 0 bridgehead atoms. The van der Waals surface area contributed by atoms with Crippen LogP contribution < -0.4 is 15.2 Å². The minimum atomic E-state index is -0.881. The van der Waals surface area contributed by atoms with Crippen LogP contribution in [0.15, 0.2) is 48.8 Å². The number of aromatic nitrogens is 2. The lowest BCUT2D eigenvalue weighted by Crippen LogP contribution is -2.15. The number of unbranched alkanes of at least 4 members (excludes halogenated alkanes) is 6. The smallest absolute Gasteiger partial charge is 0.350 e. The summed E-state index contributed by atoms with van der Waals surface area (Å²) in [5.41, 5.74) is 7.43. The van der Waals surface area contributed by atoms with E-state index in [1.807, 2.05) is 19.3 Å². The number of hydrogen-bond acceptors (Lipinski definition) is 8. The minimum Gasteiger partial charge on any atom is -0.488 e. The summed E-state index contributed by atoms with van der Waals surface area (Å²) in [7, 11) is 0. The number of hydrogen-bond donors (Lipinski definition) is 1. The zero-order valence-corrected chi connectivity index (χ0v) is 23.7. The third kappa shape index (κ3) is 9.03. The molecule has 0 radical (unpaired) electrons. The molecular formula is C31H40N4O5. The second-order valence-corrected chi connectivity index (χ2v) is 10.1. The molecule has 0 saturated heterocycles. The topological polar surface area (TPSA) is 130 Å². The van der Waals surface area contributed by atoms with Crippen LogP contribution in [0.1, 0.15) is 94.5 Å². The van der Waals surface area contributed by atoms with Gasteiger partial charge >= 0.3 is 5.97 Å². The number of carbonyl (C=O) groups excluding carboxylic acids is 1. The van der Waals surface area contributed by atoms with Crippen molar-refractivity contribution in [1.29, 1.82) is 0 Å². The largest absolute Gasteiger partial charge is 0.488 e. The fourth-order valence-electron chi connectivity index (χ4n) is 4.36. The first-order chi connectivity index (χ1) is 19.3. The molecule has 0 aliphatic rings. The summed E-state index contributed by atoms with van der Waals surface area (Å²) in [6, 6.07) is 9.11. The third-order valence-electron chi connectivity index (χ3n) is 6.68. The Morgan fingerprint density at radius 2 is 1.62 bits per heavy atom. The van der Waals surface area contributed by atoms with Gasteiger partial charge in [0.25, 0.3) is 5.69 Å². The van der Waals surface area contributed by atoms with Crippen LogP contribution in [0, 0.1) is 10.1 Å². The van der Waals surface area contributed by atoms with E-state index in [1.165, 1.54) is 37.8 Å². The molecule has 0 aliphatic carbocycles. The van der Waals surface area contributed by atoms with Crippen molar-refractivity contribution in [2.75, 3.05) is 5.73 Å². The van der Waals surface area contributed by atoms with Gasteiger partial charge in [-0.05, 0) is 68.5 Å². The summed E-state index contributed by atoms with van der Waals surface area (Å²) in [4.78, 5) is 32.9. The number of benzene rings is 2. The number of carbonyl (C=O) groups is 1. The number of rotatable bonds is 16. The van der Waals surface area contributed by atoms with E-state index in [-0.39, 0.29) is 28.9 Å². The highest BCUT2D eigenvalue weighted by Gasteiger charge is 2.26. The van der Waals surface area contributed by atoms with E-state index in [1.54, 1.807) is 24.3 Å². The standard InChI is InChI=1S/C31H40N4O5/c1-4-6-8-9-11-13-23-20-33-30(34-21-23)24-14-16-25(17-15-24)40-31(36)26-18-27(32)29(19-28(26)35(37)38)39-22(3)12-10-7-5-2/h14-22H,4-13,32H2,1-3H3/t22-/m1/s1. The van der Waals surface area contributed by atoms with Gasteiger partial charge < -0.3 is 15.2 Å². The van der Waals surface area contributed by atoms with Crippen LogP contribution >= 0.6 is 0 Å². The number of aryl methyl sites for hydroxylation is 1. The maximum absolute atomic E-state index is 12.9. The number of ether oxygens (including phenoxy) is 2. The van der Waals surface area contributed by atoms with Gasteiger partial charge in [0.15, 0.2) is 5.82 Å². The number of nitrogen functional groups attached to an aromatic ring is 1. The average Bonchev–Trinajstić information content (AvgIpc) is 2.94. The van der Waals surface area contributed by atoms with Crippen LogP contribution in [-0.2, 0) is 6.42 Å². The summed E-state index contributed by atoms with van der Waals surface area (Å²) >= 11 is 0. The number of esters is 1. The zero-order chi connectivity index (χ0) is 28.9. The average molecular weight is 549 g/mol. The SMILES string of the molecule is CCCCCCCc1cnc(-c2ccc(OC(=O)c3cc(N)c(O[C@H](C)CCCCC)cc3[N+](=O)[O-])cc2)nc1. The molecular weight excluding hydrogens is 508 g/mol. The lowest BCUT2D eigenvalue weighted by molar-refractivity contribution is -0.385. The fourth-order valence-corrected chi connectivity index (χ4v) is 4.36. The molecule has 40 heavy (non-hydrogen) atoms. The van der Waals surface area contributed by atoms with Crippen LogP contribution in [0.4, 0.5) is 11.4 Å². The molecule has 0 aliphatic heterocycles. The molecule has 0 unspecified atom stereocenters. The summed E-state index contributed by atoms with van der Waals surface area (Å²) in [6.45, 7) is 6.21. The Bertz CT molecular complexity index is 1250. The van der Waals surface area contributed by atoms with Crippen molar-refractivity contribution in [3.05, 3.63) is 70.0 Å². The molecule has 0 spiro atoms. The van der Waals surface area contributed by atoms with Crippen LogP contribution in [0.5, 0.6) is 11.5 Å². The number of nitro groups is 1. The van der Waals surface area contributed by atoms with Gasteiger partial charge in [-0.15, -0.1) is 0 Å². The Hall–Kier alpha value is -4.01. The van der Waals surface area contributed by atoms with Crippen molar-refractivity contribution < 1.29 is 19.2 Å². The summed E-state index contributed by atoms with van der Waals surface area (Å²) in [6.07, 6.45) is 14.5. The zero-order valence-electron chi connectivity index (χ0n) is 23.7. The van der Waals surface area contributed by atoms with Gasteiger partial charge in [-0.2, -0.15) is 0 Å². The van der Waals surface area contributed by atoms with Crippen molar-refractivity contribution in [2.24, 2.45) is 0 Å². The first-order valence-corrected chi connectivity index (χ1v) is 14.2. The Kier molecular flexibility index (Phi) is 11.9. The highest BCUT2D eigenvalue weighted by atomic mass is 16.6. The Morgan fingerprint density at radius 3 is 2.27 bits per heavy atom. The third-order valence-corrected chi connectivity index (χ3v) is 6.68. The van der Waals surface area contributed by atoms with E-state index >= 15 is 0 Å². The first kappa shape index (κ1) is 30.5. The van der Waals surface area contributed by atoms with E-state index in [0.29, 0.717) is 5.82 Å². The molecule has 9 heteroatoms. The van der Waals surface area contributed by atoms with Crippen LogP contribution in [0.25, 0.3) is 11.4 Å².